The number of hydrogen-bond donors (Lipinski definition) is 4. The van der Waals surface area contributed by atoms with Crippen molar-refractivity contribution in [2.24, 2.45) is 0 Å². The summed E-state index contributed by atoms with van der Waals surface area (Å²) >= 11 is 1.59. The van der Waals surface area contributed by atoms with E-state index in [0.29, 0.717) is 18.8 Å². The lowest BCUT2D eigenvalue weighted by atomic mass is 10.0. The van der Waals surface area contributed by atoms with Crippen LogP contribution < -0.4 is 10.6 Å². The molecule has 0 fully saturated rings. The van der Waals surface area contributed by atoms with E-state index < -0.39 is 30.3 Å². The average molecular weight is 442 g/mol. The number of anilines is 1. The van der Waals surface area contributed by atoms with Crippen molar-refractivity contribution in [3.63, 3.8) is 0 Å². The van der Waals surface area contributed by atoms with E-state index in [1.807, 2.05) is 37.3 Å². The number of hydrogen-bond acceptors (Lipinski definition) is 7. The third-order valence-electron chi connectivity index (χ3n) is 4.61. The van der Waals surface area contributed by atoms with E-state index in [1.54, 1.807) is 11.3 Å². The third kappa shape index (κ3) is 5.54. The van der Waals surface area contributed by atoms with Crippen molar-refractivity contribution < 1.29 is 24.6 Å². The first kappa shape index (κ1) is 22.2. The molecule has 1 unspecified atom stereocenters. The number of benzene rings is 1. The number of rotatable bonds is 10. The highest BCUT2D eigenvalue weighted by Gasteiger charge is 2.22. The number of nitrogens with one attached hydrogen (secondary N) is 2. The highest BCUT2D eigenvalue weighted by Crippen LogP contribution is 2.40. The highest BCUT2D eigenvalue weighted by molar-refractivity contribution is 7.19. The second kappa shape index (κ2) is 9.98. The maximum absolute atomic E-state index is 12.0. The zero-order valence-corrected chi connectivity index (χ0v) is 17.6. The molecule has 0 radical (unpaired) electrons. The van der Waals surface area contributed by atoms with Crippen molar-refractivity contribution in [1.29, 1.82) is 0 Å². The Kier molecular flexibility index (Phi) is 7.14. The van der Waals surface area contributed by atoms with Crippen LogP contribution >= 0.6 is 11.3 Å². The van der Waals surface area contributed by atoms with Gasteiger partial charge in [-0.1, -0.05) is 30.3 Å². The molecule has 31 heavy (non-hydrogen) atoms. The second-order valence-electron chi connectivity index (χ2n) is 6.89. The van der Waals surface area contributed by atoms with Gasteiger partial charge in [0.25, 0.3) is 0 Å². The zero-order chi connectivity index (χ0) is 22.4. The number of carboxylic acids is 2. The summed E-state index contributed by atoms with van der Waals surface area (Å²) in [5.41, 5.74) is 2.14. The van der Waals surface area contributed by atoms with Gasteiger partial charge < -0.3 is 20.8 Å². The van der Waals surface area contributed by atoms with Crippen LogP contribution in [0.2, 0.25) is 0 Å². The van der Waals surface area contributed by atoms with E-state index in [9.17, 15) is 14.4 Å². The molecule has 4 N–H and O–H groups in total. The molecule has 0 bridgehead atoms. The number of nitrogens with zero attached hydrogens (tertiary/aromatic N) is 2. The van der Waals surface area contributed by atoms with Crippen molar-refractivity contribution >= 4 is 45.2 Å². The molecule has 1 atom stereocenters. The van der Waals surface area contributed by atoms with Gasteiger partial charge in [-0.25, -0.2) is 14.8 Å². The maximum Gasteiger partial charge on any atom is 0.326 e. The van der Waals surface area contributed by atoms with Crippen LogP contribution in [0.1, 0.15) is 24.1 Å². The quantitative estimate of drug-likeness (QED) is 0.351. The molecule has 0 aliphatic heterocycles. The lowest BCUT2D eigenvalue weighted by molar-refractivity contribution is -0.147. The van der Waals surface area contributed by atoms with Crippen LogP contribution in [0.5, 0.6) is 0 Å². The molecule has 0 saturated heterocycles. The second-order valence-corrected chi connectivity index (χ2v) is 8.09. The standard InChI is InChI=1S/C21H22N4O5S/c1-12-17(13-6-3-2-4-7-13)18-19(23-11-24-20(18)31-12)22-9-5-8-15(26)25-14(21(29)30)10-16(27)28/h2-4,6-7,11,14H,5,8-10H2,1H3,(H,25,26)(H,27,28)(H,29,30)(H,22,23,24). The van der Waals surface area contributed by atoms with Gasteiger partial charge in [-0.15, -0.1) is 11.3 Å². The number of fused-ring (bicyclic) bond motifs is 1. The summed E-state index contributed by atoms with van der Waals surface area (Å²) in [7, 11) is 0. The Labute approximate surface area is 182 Å². The summed E-state index contributed by atoms with van der Waals surface area (Å²) in [5, 5.41) is 24.2. The minimum Gasteiger partial charge on any atom is -0.481 e. The van der Waals surface area contributed by atoms with Gasteiger partial charge in [0.2, 0.25) is 5.91 Å². The zero-order valence-electron chi connectivity index (χ0n) is 16.8. The van der Waals surface area contributed by atoms with Gasteiger partial charge in [0.05, 0.1) is 11.8 Å². The largest absolute Gasteiger partial charge is 0.481 e. The summed E-state index contributed by atoms with van der Waals surface area (Å²) in [4.78, 5) is 44.5. The molecule has 9 nitrogen and oxygen atoms in total. The fourth-order valence-electron chi connectivity index (χ4n) is 3.23. The average Bonchev–Trinajstić information content (AvgIpc) is 3.07. The van der Waals surface area contributed by atoms with Gasteiger partial charge in [-0.3, -0.25) is 9.59 Å². The fourth-order valence-corrected chi connectivity index (χ4v) is 4.24. The summed E-state index contributed by atoms with van der Waals surface area (Å²) in [6.07, 6.45) is 1.29. The van der Waals surface area contributed by atoms with Crippen molar-refractivity contribution in [1.82, 2.24) is 15.3 Å². The minimum absolute atomic E-state index is 0.0544. The van der Waals surface area contributed by atoms with E-state index in [1.165, 1.54) is 6.33 Å². The van der Waals surface area contributed by atoms with Crippen LogP contribution in [-0.4, -0.2) is 50.6 Å². The van der Waals surface area contributed by atoms with Crippen molar-refractivity contribution in [2.45, 2.75) is 32.2 Å². The van der Waals surface area contributed by atoms with E-state index >= 15 is 0 Å². The van der Waals surface area contributed by atoms with Crippen LogP contribution in [0.25, 0.3) is 21.3 Å². The van der Waals surface area contributed by atoms with Crippen LogP contribution in [0.15, 0.2) is 36.7 Å². The Morgan fingerprint density at radius 3 is 2.55 bits per heavy atom. The predicted octanol–water partition coefficient (Wildman–Crippen LogP) is 2.90. The topological polar surface area (TPSA) is 142 Å². The summed E-state index contributed by atoms with van der Waals surface area (Å²) in [5.74, 6) is -2.51. The molecule has 0 aliphatic rings. The first-order valence-electron chi connectivity index (χ1n) is 9.64. The minimum atomic E-state index is -1.44. The summed E-state index contributed by atoms with van der Waals surface area (Å²) in [6.45, 7) is 2.47. The van der Waals surface area contributed by atoms with Crippen LogP contribution in [0, 0.1) is 6.92 Å². The van der Waals surface area contributed by atoms with Gasteiger partial charge in [0.15, 0.2) is 0 Å². The smallest absolute Gasteiger partial charge is 0.326 e. The molecule has 1 amide bonds. The molecular weight excluding hydrogens is 420 g/mol. The molecule has 2 heterocycles. The Morgan fingerprint density at radius 2 is 1.87 bits per heavy atom. The molecule has 3 rings (SSSR count). The molecule has 162 valence electrons. The molecule has 0 aliphatic carbocycles. The van der Waals surface area contributed by atoms with Crippen LogP contribution in [-0.2, 0) is 14.4 Å². The first-order valence-corrected chi connectivity index (χ1v) is 10.5. The molecule has 1 aromatic carbocycles. The molecule has 3 aromatic rings. The Balaban J connectivity index is 1.65. The Morgan fingerprint density at radius 1 is 1.13 bits per heavy atom. The van der Waals surface area contributed by atoms with Gasteiger partial charge in [-0.2, -0.15) is 0 Å². The molecule has 2 aromatic heterocycles. The van der Waals surface area contributed by atoms with Gasteiger partial charge in [-0.05, 0) is 18.9 Å². The SMILES string of the molecule is Cc1sc2ncnc(NCCCC(=O)NC(CC(=O)O)C(=O)O)c2c1-c1ccccc1. The van der Waals surface area contributed by atoms with Gasteiger partial charge in [0.1, 0.15) is 23.0 Å². The predicted molar refractivity (Wildman–Crippen MR) is 117 cm³/mol. The van der Waals surface area contributed by atoms with Crippen molar-refractivity contribution in [3.8, 4) is 11.1 Å². The Hall–Kier alpha value is -3.53. The summed E-state index contributed by atoms with van der Waals surface area (Å²) < 4.78 is 0. The normalized spacial score (nSPS) is 11.8. The lowest BCUT2D eigenvalue weighted by Gasteiger charge is -2.12. The lowest BCUT2D eigenvalue weighted by Crippen LogP contribution is -2.42. The molecule has 10 heteroatoms. The Bertz CT molecular complexity index is 1100. The molecule has 0 spiro atoms. The van der Waals surface area contributed by atoms with Crippen molar-refractivity contribution in [2.75, 3.05) is 11.9 Å². The van der Waals surface area contributed by atoms with E-state index in [0.717, 1.165) is 26.2 Å². The van der Waals surface area contributed by atoms with E-state index in [-0.39, 0.29) is 6.42 Å². The number of aryl methyl sites for hydroxylation is 1. The number of thiophene rings is 1. The van der Waals surface area contributed by atoms with Crippen molar-refractivity contribution in [3.05, 3.63) is 41.5 Å². The van der Waals surface area contributed by atoms with Crippen LogP contribution in [0.3, 0.4) is 0 Å². The number of amides is 1. The summed E-state index contributed by atoms with van der Waals surface area (Å²) in [6, 6.07) is 8.53. The number of aliphatic carboxylic acids is 2. The molecule has 0 saturated carbocycles. The fraction of sp³-hybridized carbons (Fsp3) is 0.286. The number of carbonyl (C=O) groups is 3. The number of aromatic nitrogens is 2. The van der Waals surface area contributed by atoms with E-state index in [2.05, 4.69) is 20.6 Å². The third-order valence-corrected chi connectivity index (χ3v) is 5.63. The van der Waals surface area contributed by atoms with E-state index in [4.69, 9.17) is 10.2 Å². The highest BCUT2D eigenvalue weighted by atomic mass is 32.1. The van der Waals surface area contributed by atoms with Gasteiger partial charge in [0, 0.05) is 23.4 Å². The van der Waals surface area contributed by atoms with Crippen LogP contribution in [0.4, 0.5) is 5.82 Å². The first-order chi connectivity index (χ1) is 14.9. The van der Waals surface area contributed by atoms with Gasteiger partial charge >= 0.3 is 11.9 Å². The maximum atomic E-state index is 12.0. The number of carboxylic acid groups (broad SMARTS) is 2. The monoisotopic (exact) mass is 442 g/mol. The number of carbonyl (C=O) groups excluding carboxylic acids is 1. The molecular formula is C21H22N4O5S.